The molecule has 0 unspecified atom stereocenters. The van der Waals surface area contributed by atoms with Gasteiger partial charge < -0.3 is 10.6 Å². The normalized spacial score (nSPS) is 13.6. The molecule has 0 bridgehead atoms. The van der Waals surface area contributed by atoms with E-state index in [1.54, 1.807) is 6.07 Å². The van der Waals surface area contributed by atoms with Crippen molar-refractivity contribution in [2.75, 3.05) is 17.2 Å². The summed E-state index contributed by atoms with van der Waals surface area (Å²) >= 11 is 0. The molecule has 3 rings (SSSR count). The van der Waals surface area contributed by atoms with E-state index in [-0.39, 0.29) is 5.82 Å². The molecule has 1 aliphatic rings. The SMILES string of the molecule is N#Cc1ccc(F)c(CN2CCCc3c(N)cccc32)c1. The van der Waals surface area contributed by atoms with Crippen molar-refractivity contribution >= 4 is 11.4 Å². The summed E-state index contributed by atoms with van der Waals surface area (Å²) in [6, 6.07) is 12.4. The van der Waals surface area contributed by atoms with E-state index in [1.807, 2.05) is 18.2 Å². The van der Waals surface area contributed by atoms with Gasteiger partial charge in [-0.15, -0.1) is 0 Å². The number of hydrogen-bond acceptors (Lipinski definition) is 3. The minimum Gasteiger partial charge on any atom is -0.398 e. The Morgan fingerprint density at radius 3 is 2.95 bits per heavy atom. The van der Waals surface area contributed by atoms with Gasteiger partial charge in [0.25, 0.3) is 0 Å². The molecule has 1 heterocycles. The molecule has 1 aliphatic heterocycles. The zero-order valence-electron chi connectivity index (χ0n) is 11.6. The minimum absolute atomic E-state index is 0.273. The molecule has 2 aromatic carbocycles. The number of fused-ring (bicyclic) bond motifs is 1. The van der Waals surface area contributed by atoms with Crippen molar-refractivity contribution < 1.29 is 4.39 Å². The number of nitriles is 1. The van der Waals surface area contributed by atoms with Crippen LogP contribution in [0, 0.1) is 17.1 Å². The number of halogens is 1. The van der Waals surface area contributed by atoms with Gasteiger partial charge in [-0.1, -0.05) is 6.07 Å². The summed E-state index contributed by atoms with van der Waals surface area (Å²) in [5.41, 5.74) is 10.1. The maximum atomic E-state index is 14.0. The highest BCUT2D eigenvalue weighted by molar-refractivity contribution is 5.66. The van der Waals surface area contributed by atoms with Crippen molar-refractivity contribution in [1.29, 1.82) is 5.26 Å². The van der Waals surface area contributed by atoms with Gasteiger partial charge in [0.15, 0.2) is 0 Å². The standard InChI is InChI=1S/C17H16FN3/c18-15-7-6-12(10-19)9-13(15)11-21-8-2-3-14-16(20)4-1-5-17(14)21/h1,4-7,9H,2-3,8,11,20H2. The van der Waals surface area contributed by atoms with Crippen molar-refractivity contribution in [2.45, 2.75) is 19.4 Å². The fourth-order valence-corrected chi connectivity index (χ4v) is 2.86. The molecule has 0 aromatic heterocycles. The lowest BCUT2D eigenvalue weighted by atomic mass is 9.99. The van der Waals surface area contributed by atoms with E-state index < -0.39 is 0 Å². The Bertz CT molecular complexity index is 718. The van der Waals surface area contributed by atoms with E-state index in [2.05, 4.69) is 11.0 Å². The molecular formula is C17H16FN3. The lowest BCUT2D eigenvalue weighted by Gasteiger charge is -2.32. The van der Waals surface area contributed by atoms with Crippen molar-refractivity contribution in [1.82, 2.24) is 0 Å². The zero-order valence-corrected chi connectivity index (χ0v) is 11.6. The Kier molecular flexibility index (Phi) is 3.49. The predicted octanol–water partition coefficient (Wildman–Crippen LogP) is 3.23. The van der Waals surface area contributed by atoms with Gasteiger partial charge in [0.2, 0.25) is 0 Å². The van der Waals surface area contributed by atoms with Gasteiger partial charge in [0.1, 0.15) is 5.82 Å². The summed E-state index contributed by atoms with van der Waals surface area (Å²) in [7, 11) is 0. The molecule has 2 aromatic rings. The summed E-state index contributed by atoms with van der Waals surface area (Å²) < 4.78 is 14.0. The molecule has 0 saturated heterocycles. The lowest BCUT2D eigenvalue weighted by molar-refractivity contribution is 0.597. The van der Waals surface area contributed by atoms with Crippen molar-refractivity contribution in [3.63, 3.8) is 0 Å². The van der Waals surface area contributed by atoms with E-state index in [9.17, 15) is 4.39 Å². The highest BCUT2D eigenvalue weighted by Crippen LogP contribution is 2.32. The molecule has 0 spiro atoms. The number of benzene rings is 2. The van der Waals surface area contributed by atoms with E-state index >= 15 is 0 Å². The number of nitrogens with two attached hydrogens (primary N) is 1. The summed E-state index contributed by atoms with van der Waals surface area (Å²) in [6.07, 6.45) is 1.96. The van der Waals surface area contributed by atoms with Crippen LogP contribution in [0.2, 0.25) is 0 Å². The molecule has 0 fully saturated rings. The molecule has 0 radical (unpaired) electrons. The largest absolute Gasteiger partial charge is 0.398 e. The first kappa shape index (κ1) is 13.4. The van der Waals surface area contributed by atoms with Gasteiger partial charge in [-0.25, -0.2) is 4.39 Å². The van der Waals surface area contributed by atoms with Crippen LogP contribution < -0.4 is 10.6 Å². The maximum absolute atomic E-state index is 14.0. The van der Waals surface area contributed by atoms with Crippen LogP contribution >= 0.6 is 0 Å². The van der Waals surface area contributed by atoms with Crippen LogP contribution in [0.1, 0.15) is 23.1 Å². The van der Waals surface area contributed by atoms with Crippen LogP contribution in [0.4, 0.5) is 15.8 Å². The van der Waals surface area contributed by atoms with Gasteiger partial charge in [-0.2, -0.15) is 5.26 Å². The Morgan fingerprint density at radius 1 is 1.29 bits per heavy atom. The maximum Gasteiger partial charge on any atom is 0.128 e. The third kappa shape index (κ3) is 2.55. The van der Waals surface area contributed by atoms with Gasteiger partial charge in [0, 0.05) is 30.0 Å². The van der Waals surface area contributed by atoms with Crippen LogP contribution in [-0.2, 0) is 13.0 Å². The van der Waals surface area contributed by atoms with Gasteiger partial charge in [-0.05, 0) is 48.7 Å². The third-order valence-electron chi connectivity index (χ3n) is 3.92. The first-order valence-electron chi connectivity index (χ1n) is 7.00. The summed E-state index contributed by atoms with van der Waals surface area (Å²) in [5, 5.41) is 8.95. The first-order chi connectivity index (χ1) is 10.2. The van der Waals surface area contributed by atoms with Crippen LogP contribution in [0.25, 0.3) is 0 Å². The van der Waals surface area contributed by atoms with Crippen LogP contribution in [0.15, 0.2) is 36.4 Å². The van der Waals surface area contributed by atoms with Crippen molar-refractivity contribution in [3.05, 3.63) is 58.9 Å². The zero-order chi connectivity index (χ0) is 14.8. The molecule has 3 nitrogen and oxygen atoms in total. The molecule has 21 heavy (non-hydrogen) atoms. The van der Waals surface area contributed by atoms with Crippen LogP contribution in [0.5, 0.6) is 0 Å². The molecule has 2 N–H and O–H groups in total. The molecular weight excluding hydrogens is 265 g/mol. The number of nitrogens with zero attached hydrogens (tertiary/aromatic N) is 2. The second-order valence-electron chi connectivity index (χ2n) is 5.29. The Balaban J connectivity index is 1.94. The third-order valence-corrected chi connectivity index (χ3v) is 3.92. The van der Waals surface area contributed by atoms with Crippen molar-refractivity contribution in [2.24, 2.45) is 0 Å². The quantitative estimate of drug-likeness (QED) is 0.860. The first-order valence-corrected chi connectivity index (χ1v) is 7.00. The average Bonchev–Trinajstić information content (AvgIpc) is 2.50. The second kappa shape index (κ2) is 5.45. The molecule has 0 atom stereocenters. The van der Waals surface area contributed by atoms with Crippen molar-refractivity contribution in [3.8, 4) is 6.07 Å². The fourth-order valence-electron chi connectivity index (χ4n) is 2.86. The average molecular weight is 281 g/mol. The predicted molar refractivity (Wildman–Crippen MR) is 81.3 cm³/mol. The number of anilines is 2. The monoisotopic (exact) mass is 281 g/mol. The summed E-state index contributed by atoms with van der Waals surface area (Å²) in [4.78, 5) is 2.13. The number of hydrogen-bond donors (Lipinski definition) is 1. The van der Waals surface area contributed by atoms with Crippen LogP contribution in [0.3, 0.4) is 0 Å². The molecule has 0 amide bonds. The highest BCUT2D eigenvalue weighted by atomic mass is 19.1. The molecule has 0 aliphatic carbocycles. The van der Waals surface area contributed by atoms with E-state index in [0.29, 0.717) is 17.7 Å². The minimum atomic E-state index is -0.273. The van der Waals surface area contributed by atoms with E-state index in [0.717, 1.165) is 36.3 Å². The lowest BCUT2D eigenvalue weighted by Crippen LogP contribution is -2.29. The van der Waals surface area contributed by atoms with Crippen LogP contribution in [-0.4, -0.2) is 6.54 Å². The number of nitrogen functional groups attached to an aromatic ring is 1. The fraction of sp³-hybridized carbons (Fsp3) is 0.235. The number of rotatable bonds is 2. The second-order valence-corrected chi connectivity index (χ2v) is 5.29. The Hall–Kier alpha value is -2.54. The Labute approximate surface area is 123 Å². The Morgan fingerprint density at radius 2 is 2.14 bits per heavy atom. The van der Waals surface area contributed by atoms with E-state index in [1.165, 1.54) is 12.1 Å². The molecule has 0 saturated carbocycles. The highest BCUT2D eigenvalue weighted by Gasteiger charge is 2.19. The van der Waals surface area contributed by atoms with Gasteiger partial charge in [-0.3, -0.25) is 0 Å². The summed E-state index contributed by atoms with van der Waals surface area (Å²) in [5.74, 6) is -0.273. The van der Waals surface area contributed by atoms with E-state index in [4.69, 9.17) is 11.0 Å². The van der Waals surface area contributed by atoms with Gasteiger partial charge in [0.05, 0.1) is 11.6 Å². The smallest absolute Gasteiger partial charge is 0.128 e. The molecule has 4 heteroatoms. The topological polar surface area (TPSA) is 53.0 Å². The molecule has 106 valence electrons. The van der Waals surface area contributed by atoms with Gasteiger partial charge >= 0.3 is 0 Å². The summed E-state index contributed by atoms with van der Waals surface area (Å²) in [6.45, 7) is 1.32.